The summed E-state index contributed by atoms with van der Waals surface area (Å²) in [5.41, 5.74) is 0.499. The minimum atomic E-state index is -0.686. The fourth-order valence-corrected chi connectivity index (χ4v) is 3.32. The van der Waals surface area contributed by atoms with Gasteiger partial charge in [-0.3, -0.25) is 0 Å². The molecule has 0 spiro atoms. The SMILES string of the molecule is CCOC(=O)N1C(=O)N=C(C)C(C#N)C1C1CCCCC1. The monoisotopic (exact) mass is 291 g/mol. The van der Waals surface area contributed by atoms with Crippen molar-refractivity contribution in [2.24, 2.45) is 16.8 Å². The number of hydrogen-bond acceptors (Lipinski definition) is 4. The van der Waals surface area contributed by atoms with E-state index in [9.17, 15) is 14.9 Å². The van der Waals surface area contributed by atoms with Crippen LogP contribution < -0.4 is 0 Å². The first-order valence-corrected chi connectivity index (χ1v) is 7.54. The first kappa shape index (κ1) is 15.5. The van der Waals surface area contributed by atoms with Gasteiger partial charge in [-0.25, -0.2) is 19.5 Å². The van der Waals surface area contributed by atoms with Crippen molar-refractivity contribution in [3.05, 3.63) is 0 Å². The molecule has 0 aromatic heterocycles. The summed E-state index contributed by atoms with van der Waals surface area (Å²) >= 11 is 0. The van der Waals surface area contributed by atoms with E-state index in [1.54, 1.807) is 13.8 Å². The van der Waals surface area contributed by atoms with Gasteiger partial charge < -0.3 is 4.74 Å². The van der Waals surface area contributed by atoms with Crippen LogP contribution in [0.4, 0.5) is 9.59 Å². The average molecular weight is 291 g/mol. The molecule has 1 aliphatic carbocycles. The lowest BCUT2D eigenvalue weighted by Crippen LogP contribution is -2.55. The van der Waals surface area contributed by atoms with Crippen LogP contribution in [0.2, 0.25) is 0 Å². The zero-order valence-electron chi connectivity index (χ0n) is 12.5. The number of hydrogen-bond donors (Lipinski definition) is 0. The highest BCUT2D eigenvalue weighted by Gasteiger charge is 2.45. The van der Waals surface area contributed by atoms with Gasteiger partial charge in [-0.2, -0.15) is 5.26 Å². The molecule has 2 unspecified atom stereocenters. The Balaban J connectivity index is 2.35. The maximum absolute atomic E-state index is 12.2. The molecule has 1 fully saturated rings. The maximum atomic E-state index is 12.2. The summed E-state index contributed by atoms with van der Waals surface area (Å²) in [4.78, 5) is 29.2. The van der Waals surface area contributed by atoms with Gasteiger partial charge in [0.15, 0.2) is 0 Å². The van der Waals surface area contributed by atoms with Crippen LogP contribution in [0.3, 0.4) is 0 Å². The van der Waals surface area contributed by atoms with Crippen molar-refractivity contribution in [2.45, 2.75) is 52.0 Å². The largest absolute Gasteiger partial charge is 0.449 e. The summed E-state index contributed by atoms with van der Waals surface area (Å²) in [7, 11) is 0. The molecule has 0 radical (unpaired) electrons. The summed E-state index contributed by atoms with van der Waals surface area (Å²) in [5.74, 6) is -0.377. The van der Waals surface area contributed by atoms with Crippen LogP contribution in [-0.2, 0) is 4.74 Å². The fraction of sp³-hybridized carbons (Fsp3) is 0.733. The smallest absolute Gasteiger partial charge is 0.418 e. The summed E-state index contributed by atoms with van der Waals surface area (Å²) < 4.78 is 4.99. The molecule has 6 heteroatoms. The molecule has 1 aliphatic heterocycles. The Morgan fingerprint density at radius 2 is 2.10 bits per heavy atom. The molecule has 1 saturated carbocycles. The zero-order chi connectivity index (χ0) is 15.4. The maximum Gasteiger partial charge on any atom is 0.418 e. The molecule has 0 aromatic rings. The number of aliphatic imine (C=N–C) groups is 1. The second-order valence-electron chi connectivity index (χ2n) is 5.60. The minimum Gasteiger partial charge on any atom is -0.449 e. The Kier molecular flexibility index (Phi) is 4.94. The molecule has 2 aliphatic rings. The van der Waals surface area contributed by atoms with Crippen molar-refractivity contribution < 1.29 is 14.3 Å². The second-order valence-corrected chi connectivity index (χ2v) is 5.60. The van der Waals surface area contributed by atoms with Gasteiger partial charge in [0.1, 0.15) is 5.92 Å². The molecule has 2 rings (SSSR count). The van der Waals surface area contributed by atoms with E-state index in [4.69, 9.17) is 4.74 Å². The number of amides is 3. The Labute approximate surface area is 124 Å². The van der Waals surface area contributed by atoms with Crippen LogP contribution in [0.15, 0.2) is 4.99 Å². The number of nitrogens with zero attached hydrogens (tertiary/aromatic N) is 3. The molecule has 1 heterocycles. The minimum absolute atomic E-state index is 0.155. The van der Waals surface area contributed by atoms with E-state index in [1.165, 1.54) is 6.42 Å². The molecular weight excluding hydrogens is 270 g/mol. The van der Waals surface area contributed by atoms with Gasteiger partial charge >= 0.3 is 12.1 Å². The lowest BCUT2D eigenvalue weighted by Gasteiger charge is -2.40. The van der Waals surface area contributed by atoms with Gasteiger partial charge in [0, 0.05) is 5.71 Å². The predicted molar refractivity (Wildman–Crippen MR) is 76.8 cm³/mol. The molecule has 3 amide bonds. The molecule has 114 valence electrons. The number of imide groups is 1. The summed E-state index contributed by atoms with van der Waals surface area (Å²) in [5, 5.41) is 9.46. The Bertz CT molecular complexity index is 489. The van der Waals surface area contributed by atoms with E-state index in [0.29, 0.717) is 5.71 Å². The second kappa shape index (κ2) is 6.70. The van der Waals surface area contributed by atoms with Crippen LogP contribution in [-0.4, -0.2) is 35.4 Å². The number of rotatable bonds is 2. The predicted octanol–water partition coefficient (Wildman–Crippen LogP) is 3.13. The van der Waals surface area contributed by atoms with E-state index in [2.05, 4.69) is 11.1 Å². The van der Waals surface area contributed by atoms with Crippen molar-refractivity contribution in [2.75, 3.05) is 6.61 Å². The number of carbonyl (C=O) groups excluding carboxylic acids is 2. The van der Waals surface area contributed by atoms with Crippen molar-refractivity contribution >= 4 is 17.8 Å². The van der Waals surface area contributed by atoms with Gasteiger partial charge in [0.2, 0.25) is 0 Å². The molecule has 6 nitrogen and oxygen atoms in total. The quantitative estimate of drug-likeness (QED) is 0.782. The van der Waals surface area contributed by atoms with Crippen LogP contribution in [0.25, 0.3) is 0 Å². The number of urea groups is 1. The van der Waals surface area contributed by atoms with E-state index in [-0.39, 0.29) is 12.5 Å². The summed E-state index contributed by atoms with van der Waals surface area (Å²) in [6.07, 6.45) is 4.48. The molecule has 0 bridgehead atoms. The molecule has 0 N–H and O–H groups in total. The van der Waals surface area contributed by atoms with E-state index in [1.807, 2.05) is 0 Å². The van der Waals surface area contributed by atoms with Gasteiger partial charge in [0.05, 0.1) is 18.7 Å². The summed E-state index contributed by atoms with van der Waals surface area (Å²) in [6.45, 7) is 3.57. The van der Waals surface area contributed by atoms with Crippen molar-refractivity contribution in [3.63, 3.8) is 0 Å². The molecule has 2 atom stereocenters. The molecule has 0 saturated heterocycles. The normalized spacial score (nSPS) is 27.0. The van der Waals surface area contributed by atoms with E-state index < -0.39 is 24.1 Å². The lowest BCUT2D eigenvalue weighted by molar-refractivity contribution is 0.0775. The van der Waals surface area contributed by atoms with Crippen LogP contribution in [0, 0.1) is 23.2 Å². The highest BCUT2D eigenvalue weighted by atomic mass is 16.6. The number of nitriles is 1. The topological polar surface area (TPSA) is 82.8 Å². The average Bonchev–Trinajstić information content (AvgIpc) is 2.47. The van der Waals surface area contributed by atoms with Gasteiger partial charge in [-0.15, -0.1) is 0 Å². The van der Waals surface area contributed by atoms with Gasteiger partial charge in [0.25, 0.3) is 0 Å². The number of carbonyl (C=O) groups is 2. The molecule has 21 heavy (non-hydrogen) atoms. The third-order valence-electron chi connectivity index (χ3n) is 4.30. The van der Waals surface area contributed by atoms with E-state index in [0.717, 1.165) is 30.6 Å². The standard InChI is InChI=1S/C15H21N3O3/c1-3-21-15(20)18-13(11-7-5-4-6-8-11)12(9-16)10(2)17-14(18)19/h11-13H,3-8H2,1-2H3. The van der Waals surface area contributed by atoms with Gasteiger partial charge in [-0.1, -0.05) is 19.3 Å². The summed E-state index contributed by atoms with van der Waals surface area (Å²) in [6, 6.07) is 1.17. The fourth-order valence-electron chi connectivity index (χ4n) is 3.32. The number of ether oxygens (including phenoxy) is 1. The molecular formula is C15H21N3O3. The van der Waals surface area contributed by atoms with Crippen molar-refractivity contribution in [1.29, 1.82) is 5.26 Å². The van der Waals surface area contributed by atoms with Crippen molar-refractivity contribution in [3.8, 4) is 6.07 Å². The molecule has 0 aromatic carbocycles. The van der Waals surface area contributed by atoms with Gasteiger partial charge in [-0.05, 0) is 32.6 Å². The van der Waals surface area contributed by atoms with Crippen molar-refractivity contribution in [1.82, 2.24) is 4.90 Å². The third kappa shape index (κ3) is 3.07. The van der Waals surface area contributed by atoms with Crippen LogP contribution in [0.5, 0.6) is 0 Å². The Hall–Kier alpha value is -1.90. The Morgan fingerprint density at radius 3 is 2.67 bits per heavy atom. The highest BCUT2D eigenvalue weighted by Crippen LogP contribution is 2.35. The van der Waals surface area contributed by atoms with Crippen LogP contribution in [0.1, 0.15) is 46.0 Å². The third-order valence-corrected chi connectivity index (χ3v) is 4.30. The highest BCUT2D eigenvalue weighted by molar-refractivity contribution is 6.04. The lowest BCUT2D eigenvalue weighted by atomic mass is 9.76. The van der Waals surface area contributed by atoms with Crippen LogP contribution >= 0.6 is 0 Å². The first-order chi connectivity index (χ1) is 10.1. The Morgan fingerprint density at radius 1 is 1.43 bits per heavy atom. The van der Waals surface area contributed by atoms with E-state index >= 15 is 0 Å². The first-order valence-electron chi connectivity index (χ1n) is 7.54. The zero-order valence-corrected chi connectivity index (χ0v) is 12.5.